The summed E-state index contributed by atoms with van der Waals surface area (Å²) in [6.45, 7) is 4.05. The Morgan fingerprint density at radius 1 is 1.00 bits per heavy atom. The van der Waals surface area contributed by atoms with E-state index in [0.717, 1.165) is 16.2 Å². The first-order chi connectivity index (χ1) is 14.8. The second-order valence-corrected chi connectivity index (χ2v) is 7.49. The van der Waals surface area contributed by atoms with Gasteiger partial charge in [0.15, 0.2) is 0 Å². The highest BCUT2D eigenvalue weighted by Crippen LogP contribution is 2.27. The molecule has 2 heterocycles. The Morgan fingerprint density at radius 2 is 1.68 bits per heavy atom. The zero-order chi connectivity index (χ0) is 22.3. The number of aromatic nitrogens is 1. The highest BCUT2D eigenvalue weighted by Gasteiger charge is 2.32. The molecule has 0 saturated heterocycles. The lowest BCUT2D eigenvalue weighted by Crippen LogP contribution is -2.26. The molecule has 1 aromatic heterocycles. The number of imide groups is 1. The van der Waals surface area contributed by atoms with Gasteiger partial charge in [-0.1, -0.05) is 44.2 Å². The Balaban J connectivity index is 1.82. The molecule has 0 aliphatic carbocycles. The van der Waals surface area contributed by atoms with Crippen molar-refractivity contribution >= 4 is 29.2 Å². The predicted octanol–water partition coefficient (Wildman–Crippen LogP) is 2.68. The van der Waals surface area contributed by atoms with Gasteiger partial charge in [0, 0.05) is 11.8 Å². The largest absolute Gasteiger partial charge is 0.384 e. The maximum atomic E-state index is 13.2. The zero-order valence-corrected chi connectivity index (χ0v) is 16.9. The van der Waals surface area contributed by atoms with Gasteiger partial charge in [-0.2, -0.15) is 0 Å². The van der Waals surface area contributed by atoms with E-state index in [9.17, 15) is 19.2 Å². The second-order valence-electron chi connectivity index (χ2n) is 7.49. The van der Waals surface area contributed by atoms with Gasteiger partial charge in [-0.25, -0.2) is 0 Å². The Kier molecular flexibility index (Phi) is 4.90. The molecular formula is C23H20N4O4. The number of carbonyl (C=O) groups is 3. The summed E-state index contributed by atoms with van der Waals surface area (Å²) in [7, 11) is 0. The predicted molar refractivity (Wildman–Crippen MR) is 117 cm³/mol. The lowest BCUT2D eigenvalue weighted by Gasteiger charge is -2.17. The molecule has 8 heteroatoms. The number of hydrogen-bond acceptors (Lipinski definition) is 5. The molecule has 156 valence electrons. The number of fused-ring (bicyclic) bond motifs is 1. The van der Waals surface area contributed by atoms with Crippen molar-refractivity contribution in [3.8, 4) is 5.69 Å². The number of para-hydroxylation sites is 2. The van der Waals surface area contributed by atoms with E-state index in [1.807, 2.05) is 38.1 Å². The van der Waals surface area contributed by atoms with Gasteiger partial charge in [-0.15, -0.1) is 0 Å². The van der Waals surface area contributed by atoms with Gasteiger partial charge in [0.2, 0.25) is 0 Å². The molecule has 0 bridgehead atoms. The van der Waals surface area contributed by atoms with Gasteiger partial charge in [-0.3, -0.25) is 29.1 Å². The van der Waals surface area contributed by atoms with Crippen LogP contribution < -0.4 is 21.9 Å². The first-order valence-corrected chi connectivity index (χ1v) is 9.70. The molecule has 0 unspecified atom stereocenters. The van der Waals surface area contributed by atoms with E-state index >= 15 is 0 Å². The van der Waals surface area contributed by atoms with Crippen LogP contribution >= 0.6 is 0 Å². The maximum absolute atomic E-state index is 13.2. The first kappa shape index (κ1) is 20.1. The molecular weight excluding hydrogens is 396 g/mol. The van der Waals surface area contributed by atoms with Gasteiger partial charge in [0.25, 0.3) is 23.3 Å². The monoisotopic (exact) mass is 416 g/mol. The van der Waals surface area contributed by atoms with E-state index in [-0.39, 0.29) is 34.1 Å². The van der Waals surface area contributed by atoms with E-state index in [1.54, 1.807) is 24.3 Å². The number of hydrogen-bond donors (Lipinski definition) is 3. The minimum Gasteiger partial charge on any atom is -0.384 e. The summed E-state index contributed by atoms with van der Waals surface area (Å²) < 4.78 is 1.07. The van der Waals surface area contributed by atoms with Gasteiger partial charge in [0.1, 0.15) is 5.82 Å². The minimum absolute atomic E-state index is 0.0726. The number of nitrogens with one attached hydrogen (secondary N) is 2. The summed E-state index contributed by atoms with van der Waals surface area (Å²) in [4.78, 5) is 50.0. The molecule has 3 amide bonds. The first-order valence-electron chi connectivity index (χ1n) is 9.70. The Hall–Kier alpha value is -4.20. The van der Waals surface area contributed by atoms with Crippen molar-refractivity contribution in [2.24, 2.45) is 0 Å². The SMILES string of the molecule is CC(C)c1ccccc1NC(=O)c1ccccc1-n1c(N)c2c(cc1=O)C(=O)NC2=O. The molecule has 1 aliphatic heterocycles. The van der Waals surface area contributed by atoms with Crippen LogP contribution in [0.15, 0.2) is 59.4 Å². The number of benzene rings is 2. The normalized spacial score (nSPS) is 12.6. The smallest absolute Gasteiger partial charge is 0.262 e. The van der Waals surface area contributed by atoms with Crippen molar-refractivity contribution in [3.63, 3.8) is 0 Å². The molecule has 4 N–H and O–H groups in total. The number of pyridine rings is 1. The fraction of sp³-hybridized carbons (Fsp3) is 0.130. The second kappa shape index (κ2) is 7.56. The molecule has 0 saturated carbocycles. The number of rotatable bonds is 4. The highest BCUT2D eigenvalue weighted by molar-refractivity contribution is 6.23. The fourth-order valence-electron chi connectivity index (χ4n) is 3.69. The minimum atomic E-state index is -0.681. The molecule has 8 nitrogen and oxygen atoms in total. The van der Waals surface area contributed by atoms with Crippen LogP contribution in [0.1, 0.15) is 56.4 Å². The zero-order valence-electron chi connectivity index (χ0n) is 16.9. The fourth-order valence-corrected chi connectivity index (χ4v) is 3.69. The van der Waals surface area contributed by atoms with Crippen LogP contribution in [0.2, 0.25) is 0 Å². The third kappa shape index (κ3) is 3.38. The van der Waals surface area contributed by atoms with Gasteiger partial charge in [-0.05, 0) is 29.7 Å². The van der Waals surface area contributed by atoms with Crippen LogP contribution in [0.3, 0.4) is 0 Å². The van der Waals surface area contributed by atoms with Crippen molar-refractivity contribution in [3.05, 3.63) is 87.2 Å². The Labute approximate surface area is 177 Å². The van der Waals surface area contributed by atoms with Crippen LogP contribution in [-0.2, 0) is 0 Å². The van der Waals surface area contributed by atoms with Gasteiger partial charge >= 0.3 is 0 Å². The van der Waals surface area contributed by atoms with Crippen molar-refractivity contribution in [1.29, 1.82) is 0 Å². The summed E-state index contributed by atoms with van der Waals surface area (Å²) in [5.74, 6) is -1.80. The summed E-state index contributed by atoms with van der Waals surface area (Å²) in [5, 5.41) is 5.02. The van der Waals surface area contributed by atoms with Crippen molar-refractivity contribution < 1.29 is 14.4 Å². The molecule has 0 radical (unpaired) electrons. The molecule has 3 aromatic rings. The number of carbonyl (C=O) groups excluding carboxylic acids is 3. The number of nitrogens with two attached hydrogens (primary N) is 1. The van der Waals surface area contributed by atoms with E-state index in [4.69, 9.17) is 5.73 Å². The molecule has 0 spiro atoms. The lowest BCUT2D eigenvalue weighted by molar-refractivity contribution is 0.0879. The number of anilines is 2. The van der Waals surface area contributed by atoms with Gasteiger partial charge < -0.3 is 11.1 Å². The molecule has 4 rings (SSSR count). The van der Waals surface area contributed by atoms with Crippen molar-refractivity contribution in [2.45, 2.75) is 19.8 Å². The molecule has 2 aromatic carbocycles. The van der Waals surface area contributed by atoms with E-state index < -0.39 is 23.3 Å². The third-order valence-electron chi connectivity index (χ3n) is 5.17. The van der Waals surface area contributed by atoms with E-state index in [2.05, 4.69) is 10.6 Å². The molecule has 0 fully saturated rings. The average Bonchev–Trinajstić information content (AvgIpc) is 3.02. The summed E-state index contributed by atoms with van der Waals surface area (Å²) >= 11 is 0. The average molecular weight is 416 g/mol. The molecule has 31 heavy (non-hydrogen) atoms. The molecule has 0 atom stereocenters. The quantitative estimate of drug-likeness (QED) is 0.564. The van der Waals surface area contributed by atoms with E-state index in [0.29, 0.717) is 5.69 Å². The van der Waals surface area contributed by atoms with Crippen molar-refractivity contribution in [2.75, 3.05) is 11.1 Å². The van der Waals surface area contributed by atoms with Crippen LogP contribution in [0.5, 0.6) is 0 Å². The standard InChI is InChI=1S/C23H20N4O4/c1-12(2)13-7-3-5-9-16(13)25-21(29)14-8-4-6-10-17(14)27-18(28)11-15-19(20(27)24)23(31)26-22(15)30/h3-12H,24H2,1-2H3,(H,25,29)(H,26,30,31). The van der Waals surface area contributed by atoms with Crippen LogP contribution in [0, 0.1) is 0 Å². The van der Waals surface area contributed by atoms with Crippen LogP contribution in [-0.4, -0.2) is 22.3 Å². The third-order valence-corrected chi connectivity index (χ3v) is 5.17. The Bertz CT molecular complexity index is 1310. The summed E-state index contributed by atoms with van der Waals surface area (Å²) in [5.41, 5.74) is 7.39. The number of amides is 3. The van der Waals surface area contributed by atoms with Crippen molar-refractivity contribution in [1.82, 2.24) is 9.88 Å². The van der Waals surface area contributed by atoms with Crippen LogP contribution in [0.4, 0.5) is 11.5 Å². The summed E-state index contributed by atoms with van der Waals surface area (Å²) in [6, 6.07) is 15.0. The van der Waals surface area contributed by atoms with E-state index in [1.165, 1.54) is 0 Å². The van der Waals surface area contributed by atoms with Gasteiger partial charge in [0.05, 0.1) is 22.4 Å². The molecule has 1 aliphatic rings. The number of nitrogens with zero attached hydrogens (tertiary/aromatic N) is 1. The lowest BCUT2D eigenvalue weighted by atomic mass is 10.0. The van der Waals surface area contributed by atoms with Crippen LogP contribution in [0.25, 0.3) is 5.69 Å². The topological polar surface area (TPSA) is 123 Å². The Morgan fingerprint density at radius 3 is 2.42 bits per heavy atom. The summed E-state index contributed by atoms with van der Waals surface area (Å²) in [6.07, 6.45) is 0. The highest BCUT2D eigenvalue weighted by atomic mass is 16.2. The number of nitrogen functional groups attached to an aromatic ring is 1. The maximum Gasteiger partial charge on any atom is 0.262 e.